The molecule has 2 unspecified atom stereocenters. The zero-order chi connectivity index (χ0) is 11.4. The number of benzene rings is 1. The Bertz CT molecular complexity index is 335. The van der Waals surface area contributed by atoms with Crippen LogP contribution in [0.15, 0.2) is 24.3 Å². The van der Waals surface area contributed by atoms with E-state index in [1.165, 1.54) is 12.8 Å². The van der Waals surface area contributed by atoms with Crippen LogP contribution >= 0.6 is 0 Å². The lowest BCUT2D eigenvalue weighted by Gasteiger charge is -2.30. The topological polar surface area (TPSA) is 12.0 Å². The Hall–Kier alpha value is -0.890. The molecule has 1 fully saturated rings. The smallest absolute Gasteiger partial charge is 0.126 e. The summed E-state index contributed by atoms with van der Waals surface area (Å²) in [6, 6.07) is 7.79. The summed E-state index contributed by atoms with van der Waals surface area (Å²) in [5.41, 5.74) is 0.908. The minimum atomic E-state index is -0.0374. The highest BCUT2D eigenvalue weighted by atomic mass is 19.1. The van der Waals surface area contributed by atoms with Gasteiger partial charge in [0.05, 0.1) is 0 Å². The lowest BCUT2D eigenvalue weighted by molar-refractivity contribution is 0.339. The van der Waals surface area contributed by atoms with Crippen molar-refractivity contribution in [2.75, 3.05) is 6.54 Å². The van der Waals surface area contributed by atoms with Gasteiger partial charge in [-0.25, -0.2) is 4.39 Å². The summed E-state index contributed by atoms with van der Waals surface area (Å²) in [7, 11) is 0. The molecule has 16 heavy (non-hydrogen) atoms. The van der Waals surface area contributed by atoms with E-state index in [-0.39, 0.29) is 5.82 Å². The molecule has 0 radical (unpaired) electrons. The quantitative estimate of drug-likeness (QED) is 0.824. The summed E-state index contributed by atoms with van der Waals surface area (Å²) < 4.78 is 13.7. The normalized spacial score (nSPS) is 25.6. The van der Waals surface area contributed by atoms with E-state index < -0.39 is 0 Å². The first kappa shape index (κ1) is 11.6. The molecule has 0 spiro atoms. The van der Waals surface area contributed by atoms with Gasteiger partial charge in [-0.05, 0) is 43.4 Å². The molecule has 88 valence electrons. The van der Waals surface area contributed by atoms with Gasteiger partial charge in [0.2, 0.25) is 0 Å². The number of nitrogens with one attached hydrogen (secondary N) is 1. The highest BCUT2D eigenvalue weighted by Gasteiger charge is 2.24. The molecule has 1 nitrogen and oxygen atoms in total. The third-order valence-corrected chi connectivity index (χ3v) is 3.51. The van der Waals surface area contributed by atoms with Crippen LogP contribution in [0, 0.1) is 5.82 Å². The first-order chi connectivity index (χ1) is 7.81. The Kier molecular flexibility index (Phi) is 3.94. The first-order valence-corrected chi connectivity index (χ1v) is 6.29. The summed E-state index contributed by atoms with van der Waals surface area (Å²) >= 11 is 0. The Labute approximate surface area is 97.1 Å². The molecular weight excluding hydrogens is 201 g/mol. The van der Waals surface area contributed by atoms with Gasteiger partial charge < -0.3 is 5.32 Å². The average molecular weight is 221 g/mol. The summed E-state index contributed by atoms with van der Waals surface area (Å²) in [6.45, 7) is 3.14. The molecule has 1 aromatic carbocycles. The molecule has 1 aromatic rings. The van der Waals surface area contributed by atoms with Crippen LogP contribution in [-0.2, 0) is 0 Å². The van der Waals surface area contributed by atoms with E-state index in [2.05, 4.69) is 12.2 Å². The second kappa shape index (κ2) is 5.44. The van der Waals surface area contributed by atoms with Gasteiger partial charge >= 0.3 is 0 Å². The van der Waals surface area contributed by atoms with Crippen LogP contribution in [0.5, 0.6) is 0 Å². The van der Waals surface area contributed by atoms with E-state index in [9.17, 15) is 4.39 Å². The van der Waals surface area contributed by atoms with Gasteiger partial charge in [0.25, 0.3) is 0 Å². The molecule has 2 rings (SSSR count). The van der Waals surface area contributed by atoms with Crippen molar-refractivity contribution in [3.8, 4) is 0 Å². The number of hydrogen-bond donors (Lipinski definition) is 1. The van der Waals surface area contributed by atoms with E-state index in [1.54, 1.807) is 12.1 Å². The number of halogens is 1. The van der Waals surface area contributed by atoms with E-state index in [4.69, 9.17) is 0 Å². The fraction of sp³-hybridized carbons (Fsp3) is 0.571. The van der Waals surface area contributed by atoms with E-state index >= 15 is 0 Å². The van der Waals surface area contributed by atoms with Crippen molar-refractivity contribution in [2.24, 2.45) is 0 Å². The van der Waals surface area contributed by atoms with E-state index in [0.29, 0.717) is 12.0 Å². The van der Waals surface area contributed by atoms with Crippen molar-refractivity contribution in [2.45, 2.75) is 44.6 Å². The fourth-order valence-corrected chi connectivity index (χ4v) is 2.75. The van der Waals surface area contributed by atoms with Crippen molar-refractivity contribution in [1.82, 2.24) is 5.32 Å². The molecule has 1 N–H and O–H groups in total. The predicted molar refractivity (Wildman–Crippen MR) is 65.1 cm³/mol. The van der Waals surface area contributed by atoms with Gasteiger partial charge in [-0.1, -0.05) is 31.5 Å². The van der Waals surface area contributed by atoms with Gasteiger partial charge in [0.15, 0.2) is 0 Å². The maximum Gasteiger partial charge on any atom is 0.126 e. The lowest BCUT2D eigenvalue weighted by Crippen LogP contribution is -2.33. The molecule has 0 saturated heterocycles. The van der Waals surface area contributed by atoms with Crippen LogP contribution in [-0.4, -0.2) is 12.6 Å². The molecule has 1 saturated carbocycles. The van der Waals surface area contributed by atoms with Gasteiger partial charge in [0.1, 0.15) is 5.82 Å². The van der Waals surface area contributed by atoms with Gasteiger partial charge in [-0.3, -0.25) is 0 Å². The monoisotopic (exact) mass is 221 g/mol. The van der Waals surface area contributed by atoms with Crippen molar-refractivity contribution in [3.63, 3.8) is 0 Å². The van der Waals surface area contributed by atoms with Gasteiger partial charge in [-0.15, -0.1) is 0 Å². The highest BCUT2D eigenvalue weighted by molar-refractivity contribution is 5.22. The third kappa shape index (κ3) is 2.62. The number of rotatable bonds is 3. The van der Waals surface area contributed by atoms with Crippen LogP contribution in [0.4, 0.5) is 4.39 Å². The lowest BCUT2D eigenvalue weighted by atomic mass is 9.81. The van der Waals surface area contributed by atoms with Crippen molar-refractivity contribution < 1.29 is 4.39 Å². The van der Waals surface area contributed by atoms with Gasteiger partial charge in [0, 0.05) is 6.04 Å². The summed E-state index contributed by atoms with van der Waals surface area (Å²) in [6.07, 6.45) is 4.65. The summed E-state index contributed by atoms with van der Waals surface area (Å²) in [5, 5.41) is 3.48. The maximum atomic E-state index is 13.7. The Morgan fingerprint density at radius 1 is 1.31 bits per heavy atom. The summed E-state index contributed by atoms with van der Waals surface area (Å²) in [4.78, 5) is 0. The highest BCUT2D eigenvalue weighted by Crippen LogP contribution is 2.33. The second-order valence-electron chi connectivity index (χ2n) is 4.64. The standard InChI is InChI=1S/C14H20FN/c1-2-16-12-7-5-6-11(10-12)13-8-3-4-9-14(13)15/h3-4,8-9,11-12,16H,2,5-7,10H2,1H3. The molecule has 2 atom stereocenters. The zero-order valence-corrected chi connectivity index (χ0v) is 9.88. The maximum absolute atomic E-state index is 13.7. The van der Waals surface area contributed by atoms with E-state index in [1.807, 2.05) is 12.1 Å². The second-order valence-corrected chi connectivity index (χ2v) is 4.64. The molecule has 0 aromatic heterocycles. The van der Waals surface area contributed by atoms with Crippen LogP contribution in [0.1, 0.15) is 44.1 Å². The van der Waals surface area contributed by atoms with Crippen molar-refractivity contribution in [1.29, 1.82) is 0 Å². The SMILES string of the molecule is CCNC1CCCC(c2ccccc2F)C1. The first-order valence-electron chi connectivity index (χ1n) is 6.29. The molecule has 2 heteroatoms. The predicted octanol–water partition coefficient (Wildman–Crippen LogP) is 3.46. The molecule has 1 aliphatic rings. The average Bonchev–Trinajstić information content (AvgIpc) is 2.30. The minimum Gasteiger partial charge on any atom is -0.314 e. The van der Waals surface area contributed by atoms with Crippen LogP contribution < -0.4 is 5.32 Å². The summed E-state index contributed by atoms with van der Waals surface area (Å²) in [5.74, 6) is 0.364. The fourth-order valence-electron chi connectivity index (χ4n) is 2.75. The Morgan fingerprint density at radius 2 is 2.12 bits per heavy atom. The Balaban J connectivity index is 2.07. The molecule has 0 amide bonds. The Morgan fingerprint density at radius 3 is 2.88 bits per heavy atom. The van der Waals surface area contributed by atoms with Crippen LogP contribution in [0.2, 0.25) is 0 Å². The minimum absolute atomic E-state index is 0.0374. The van der Waals surface area contributed by atoms with Crippen molar-refractivity contribution in [3.05, 3.63) is 35.6 Å². The van der Waals surface area contributed by atoms with E-state index in [0.717, 1.165) is 24.9 Å². The third-order valence-electron chi connectivity index (χ3n) is 3.51. The van der Waals surface area contributed by atoms with Crippen LogP contribution in [0.25, 0.3) is 0 Å². The number of hydrogen-bond acceptors (Lipinski definition) is 1. The zero-order valence-electron chi connectivity index (χ0n) is 9.88. The molecular formula is C14H20FN. The van der Waals surface area contributed by atoms with Crippen LogP contribution in [0.3, 0.4) is 0 Å². The van der Waals surface area contributed by atoms with Crippen molar-refractivity contribution >= 4 is 0 Å². The molecule has 0 bridgehead atoms. The largest absolute Gasteiger partial charge is 0.314 e. The van der Waals surface area contributed by atoms with Gasteiger partial charge in [-0.2, -0.15) is 0 Å². The molecule has 1 aliphatic carbocycles. The molecule has 0 heterocycles. The molecule has 0 aliphatic heterocycles.